The van der Waals surface area contributed by atoms with Crippen molar-refractivity contribution >= 4 is 0 Å². The number of benzene rings is 1. The van der Waals surface area contributed by atoms with E-state index in [-0.39, 0.29) is 11.2 Å². The van der Waals surface area contributed by atoms with Crippen LogP contribution in [0.15, 0.2) is 18.2 Å². The van der Waals surface area contributed by atoms with E-state index in [1.165, 1.54) is 17.5 Å². The molecule has 1 aliphatic carbocycles. The molecule has 0 saturated carbocycles. The fourth-order valence-electron chi connectivity index (χ4n) is 2.56. The van der Waals surface area contributed by atoms with Gasteiger partial charge in [-0.3, -0.25) is 0 Å². The molecule has 3 rings (SSSR count). The summed E-state index contributed by atoms with van der Waals surface area (Å²) >= 11 is 0. The lowest BCUT2D eigenvalue weighted by atomic mass is 9.76. The number of rotatable bonds is 0. The van der Waals surface area contributed by atoms with Crippen molar-refractivity contribution in [1.29, 1.82) is 0 Å². The number of aryl methyl sites for hydroxylation is 1. The summed E-state index contributed by atoms with van der Waals surface area (Å²) in [5.74, 6) is -0.0908. The van der Waals surface area contributed by atoms with Gasteiger partial charge in [0.15, 0.2) is 0 Å². The molecular formula is C11H12FN. The second-order valence-electron chi connectivity index (χ2n) is 4.19. The summed E-state index contributed by atoms with van der Waals surface area (Å²) in [6.45, 7) is 2.06. The maximum atomic E-state index is 13.0. The van der Waals surface area contributed by atoms with Crippen LogP contribution in [0.25, 0.3) is 0 Å². The van der Waals surface area contributed by atoms with E-state index in [0.717, 1.165) is 19.5 Å². The van der Waals surface area contributed by atoms with Gasteiger partial charge in [0.25, 0.3) is 0 Å². The van der Waals surface area contributed by atoms with E-state index in [1.807, 2.05) is 6.07 Å². The minimum absolute atomic E-state index is 0.0908. The molecule has 1 spiro atoms. The van der Waals surface area contributed by atoms with Crippen LogP contribution in [0.5, 0.6) is 0 Å². The topological polar surface area (TPSA) is 12.0 Å². The smallest absolute Gasteiger partial charge is 0.123 e. The van der Waals surface area contributed by atoms with Crippen LogP contribution < -0.4 is 5.32 Å². The fraction of sp³-hybridized carbons (Fsp3) is 0.455. The molecule has 1 aliphatic heterocycles. The zero-order valence-corrected chi connectivity index (χ0v) is 7.44. The maximum absolute atomic E-state index is 13.0. The van der Waals surface area contributed by atoms with Crippen LogP contribution in [0.3, 0.4) is 0 Å². The van der Waals surface area contributed by atoms with Gasteiger partial charge in [0.05, 0.1) is 0 Å². The summed E-state index contributed by atoms with van der Waals surface area (Å²) in [5.41, 5.74) is 2.89. The Morgan fingerprint density at radius 3 is 2.85 bits per heavy atom. The summed E-state index contributed by atoms with van der Waals surface area (Å²) in [4.78, 5) is 0. The molecule has 0 aromatic heterocycles. The molecule has 1 fully saturated rings. The maximum Gasteiger partial charge on any atom is 0.123 e. The van der Waals surface area contributed by atoms with E-state index >= 15 is 0 Å². The molecule has 0 radical (unpaired) electrons. The predicted molar refractivity (Wildman–Crippen MR) is 49.3 cm³/mol. The zero-order chi connectivity index (χ0) is 8.89. The Hall–Kier alpha value is -0.890. The molecule has 1 aromatic carbocycles. The molecule has 0 unspecified atom stereocenters. The minimum Gasteiger partial charge on any atom is -0.315 e. The van der Waals surface area contributed by atoms with E-state index in [0.29, 0.717) is 0 Å². The summed E-state index contributed by atoms with van der Waals surface area (Å²) in [7, 11) is 0. The number of nitrogens with one attached hydrogen (secondary N) is 1. The Balaban J connectivity index is 2.14. The molecule has 1 saturated heterocycles. The zero-order valence-electron chi connectivity index (χ0n) is 7.44. The molecule has 1 N–H and O–H groups in total. The van der Waals surface area contributed by atoms with Crippen LogP contribution in [0.4, 0.5) is 4.39 Å². The van der Waals surface area contributed by atoms with Gasteiger partial charge in [0, 0.05) is 18.5 Å². The lowest BCUT2D eigenvalue weighted by molar-refractivity contribution is 0.276. The third-order valence-corrected chi connectivity index (χ3v) is 3.44. The number of hydrogen-bond donors (Lipinski definition) is 1. The van der Waals surface area contributed by atoms with Crippen LogP contribution in [0.2, 0.25) is 0 Å². The molecule has 68 valence electrons. The fourth-order valence-corrected chi connectivity index (χ4v) is 2.56. The van der Waals surface area contributed by atoms with Gasteiger partial charge in [-0.1, -0.05) is 6.07 Å². The lowest BCUT2D eigenvalue weighted by Crippen LogP contribution is -2.55. The van der Waals surface area contributed by atoms with Gasteiger partial charge in [-0.05, 0) is 36.1 Å². The molecular weight excluding hydrogens is 165 g/mol. The van der Waals surface area contributed by atoms with Gasteiger partial charge < -0.3 is 5.32 Å². The van der Waals surface area contributed by atoms with Gasteiger partial charge >= 0.3 is 0 Å². The van der Waals surface area contributed by atoms with Crippen molar-refractivity contribution in [2.24, 2.45) is 0 Å². The van der Waals surface area contributed by atoms with Crippen molar-refractivity contribution in [3.8, 4) is 0 Å². The summed E-state index contributed by atoms with van der Waals surface area (Å²) in [5, 5.41) is 3.28. The van der Waals surface area contributed by atoms with Crippen LogP contribution in [-0.2, 0) is 11.8 Å². The van der Waals surface area contributed by atoms with Gasteiger partial charge in [0.1, 0.15) is 5.82 Å². The summed E-state index contributed by atoms with van der Waals surface area (Å²) in [6, 6.07) is 5.24. The average molecular weight is 177 g/mol. The quantitative estimate of drug-likeness (QED) is 0.635. The first-order chi connectivity index (χ1) is 6.30. The number of fused-ring (bicyclic) bond motifs is 2. The molecule has 2 aliphatic rings. The van der Waals surface area contributed by atoms with Crippen molar-refractivity contribution in [3.63, 3.8) is 0 Å². The minimum atomic E-state index is -0.0908. The van der Waals surface area contributed by atoms with Gasteiger partial charge in [-0.2, -0.15) is 0 Å². The first-order valence-electron chi connectivity index (χ1n) is 4.80. The molecule has 0 atom stereocenters. The SMILES string of the molecule is Fc1ccc2c(c1)C1(CC2)CNC1. The Labute approximate surface area is 77.0 Å². The van der Waals surface area contributed by atoms with E-state index in [4.69, 9.17) is 0 Å². The normalized spacial score (nSPS) is 22.8. The van der Waals surface area contributed by atoms with Crippen molar-refractivity contribution in [2.75, 3.05) is 13.1 Å². The van der Waals surface area contributed by atoms with E-state index in [2.05, 4.69) is 5.32 Å². The van der Waals surface area contributed by atoms with Crippen molar-refractivity contribution in [3.05, 3.63) is 35.1 Å². The molecule has 0 bridgehead atoms. The molecule has 1 heterocycles. The van der Waals surface area contributed by atoms with E-state index < -0.39 is 0 Å². The van der Waals surface area contributed by atoms with Crippen molar-refractivity contribution in [1.82, 2.24) is 5.32 Å². The standard InChI is InChI=1S/C11H12FN/c12-9-2-1-8-3-4-11(6-13-7-11)10(8)5-9/h1-2,5,13H,3-4,6-7H2. The number of hydrogen-bond acceptors (Lipinski definition) is 1. The van der Waals surface area contributed by atoms with E-state index in [9.17, 15) is 4.39 Å². The molecule has 13 heavy (non-hydrogen) atoms. The third-order valence-electron chi connectivity index (χ3n) is 3.44. The second-order valence-corrected chi connectivity index (χ2v) is 4.19. The second kappa shape index (κ2) is 2.32. The predicted octanol–water partition coefficient (Wildman–Crippen LogP) is 1.61. The Kier molecular flexibility index (Phi) is 1.34. The summed E-state index contributed by atoms with van der Waals surface area (Å²) < 4.78 is 13.0. The van der Waals surface area contributed by atoms with Crippen LogP contribution in [0, 0.1) is 5.82 Å². The monoisotopic (exact) mass is 177 g/mol. The van der Waals surface area contributed by atoms with Gasteiger partial charge in [-0.25, -0.2) is 4.39 Å². The molecule has 1 aromatic rings. The Bertz CT molecular complexity index is 355. The first kappa shape index (κ1) is 7.51. The molecule has 1 nitrogen and oxygen atoms in total. The highest BCUT2D eigenvalue weighted by Crippen LogP contribution is 2.41. The van der Waals surface area contributed by atoms with Gasteiger partial charge in [0.2, 0.25) is 0 Å². The van der Waals surface area contributed by atoms with Crippen LogP contribution >= 0.6 is 0 Å². The molecule has 2 heteroatoms. The highest BCUT2D eigenvalue weighted by Gasteiger charge is 2.43. The number of halogens is 1. The largest absolute Gasteiger partial charge is 0.315 e. The Morgan fingerprint density at radius 1 is 1.31 bits per heavy atom. The van der Waals surface area contributed by atoms with E-state index in [1.54, 1.807) is 12.1 Å². The van der Waals surface area contributed by atoms with Crippen molar-refractivity contribution in [2.45, 2.75) is 18.3 Å². The van der Waals surface area contributed by atoms with Crippen LogP contribution in [-0.4, -0.2) is 13.1 Å². The highest BCUT2D eigenvalue weighted by atomic mass is 19.1. The Morgan fingerprint density at radius 2 is 2.15 bits per heavy atom. The van der Waals surface area contributed by atoms with Gasteiger partial charge in [-0.15, -0.1) is 0 Å². The molecule has 0 amide bonds. The van der Waals surface area contributed by atoms with Crippen molar-refractivity contribution < 1.29 is 4.39 Å². The third kappa shape index (κ3) is 0.894. The lowest BCUT2D eigenvalue weighted by Gasteiger charge is -2.40. The first-order valence-corrected chi connectivity index (χ1v) is 4.80. The average Bonchev–Trinajstić information content (AvgIpc) is 2.41. The highest BCUT2D eigenvalue weighted by molar-refractivity contribution is 5.42. The van der Waals surface area contributed by atoms with Crippen LogP contribution in [0.1, 0.15) is 17.5 Å². The summed E-state index contributed by atoms with van der Waals surface area (Å²) in [6.07, 6.45) is 2.32.